The predicted octanol–water partition coefficient (Wildman–Crippen LogP) is 3.22. The Morgan fingerprint density at radius 1 is 1.09 bits per heavy atom. The van der Waals surface area contributed by atoms with Gasteiger partial charge in [-0.05, 0) is 19.3 Å². The van der Waals surface area contributed by atoms with Crippen molar-refractivity contribution in [1.82, 2.24) is 0 Å². The number of hydrogen-bond donors (Lipinski definition) is 0. The molecule has 0 aliphatic rings. The topological polar surface area (TPSA) is 9.23 Å². The standard InChI is InChI=1S/C9H19BrO/c1-8(2,3)9(4,5)11-7-6-10/h6-7H2,1-5H3. The molecule has 0 amide bonds. The van der Waals surface area contributed by atoms with E-state index in [0.717, 1.165) is 11.9 Å². The number of rotatable bonds is 3. The van der Waals surface area contributed by atoms with Gasteiger partial charge in [0.15, 0.2) is 0 Å². The fraction of sp³-hybridized carbons (Fsp3) is 1.00. The van der Waals surface area contributed by atoms with Gasteiger partial charge in [0, 0.05) is 5.33 Å². The average molecular weight is 223 g/mol. The Hall–Kier alpha value is 0.440. The molecule has 0 aliphatic heterocycles. The molecule has 0 aromatic rings. The molecule has 11 heavy (non-hydrogen) atoms. The lowest BCUT2D eigenvalue weighted by molar-refractivity contribution is -0.0837. The van der Waals surface area contributed by atoms with Gasteiger partial charge in [-0.25, -0.2) is 0 Å². The second kappa shape index (κ2) is 3.90. The maximum Gasteiger partial charge on any atom is 0.0674 e. The number of halogens is 1. The zero-order valence-electron chi connectivity index (χ0n) is 8.20. The van der Waals surface area contributed by atoms with Crippen LogP contribution in [0.1, 0.15) is 34.6 Å². The summed E-state index contributed by atoms with van der Waals surface area (Å²) in [6.45, 7) is 11.6. The van der Waals surface area contributed by atoms with Crippen molar-refractivity contribution >= 4 is 15.9 Å². The lowest BCUT2D eigenvalue weighted by Gasteiger charge is -2.38. The van der Waals surface area contributed by atoms with Crippen LogP contribution in [0, 0.1) is 5.41 Å². The third kappa shape index (κ3) is 3.57. The number of ether oxygens (including phenoxy) is 1. The molecule has 0 fully saturated rings. The minimum Gasteiger partial charge on any atom is -0.374 e. The first-order valence-electron chi connectivity index (χ1n) is 4.01. The van der Waals surface area contributed by atoms with Gasteiger partial charge in [0.2, 0.25) is 0 Å². The van der Waals surface area contributed by atoms with E-state index < -0.39 is 0 Å². The lowest BCUT2D eigenvalue weighted by atomic mass is 9.79. The number of alkyl halides is 1. The van der Waals surface area contributed by atoms with Crippen molar-refractivity contribution in [2.45, 2.75) is 40.2 Å². The zero-order valence-corrected chi connectivity index (χ0v) is 9.79. The van der Waals surface area contributed by atoms with E-state index in [1.807, 2.05) is 0 Å². The maximum absolute atomic E-state index is 5.70. The van der Waals surface area contributed by atoms with Gasteiger partial charge >= 0.3 is 0 Å². The van der Waals surface area contributed by atoms with Gasteiger partial charge in [-0.1, -0.05) is 36.7 Å². The maximum atomic E-state index is 5.70. The molecule has 1 nitrogen and oxygen atoms in total. The third-order valence-corrected chi connectivity index (χ3v) is 2.67. The Balaban J connectivity index is 4.00. The van der Waals surface area contributed by atoms with Crippen molar-refractivity contribution in [3.8, 4) is 0 Å². The molecule has 0 aliphatic carbocycles. The normalized spacial score (nSPS) is 13.6. The highest BCUT2D eigenvalue weighted by Gasteiger charge is 2.33. The Bertz CT molecular complexity index is 113. The summed E-state index contributed by atoms with van der Waals surface area (Å²) in [6.07, 6.45) is 0. The van der Waals surface area contributed by atoms with Crippen LogP contribution in [0.15, 0.2) is 0 Å². The molecule has 0 rings (SSSR count). The fourth-order valence-electron chi connectivity index (χ4n) is 0.510. The fourth-order valence-corrected chi connectivity index (χ4v) is 0.672. The van der Waals surface area contributed by atoms with Gasteiger partial charge < -0.3 is 4.74 Å². The molecule has 0 saturated carbocycles. The van der Waals surface area contributed by atoms with Crippen LogP contribution in [-0.4, -0.2) is 17.5 Å². The van der Waals surface area contributed by atoms with Crippen molar-refractivity contribution in [1.29, 1.82) is 0 Å². The first-order valence-corrected chi connectivity index (χ1v) is 5.13. The summed E-state index contributed by atoms with van der Waals surface area (Å²) in [4.78, 5) is 0. The molecule has 0 unspecified atom stereocenters. The molecular weight excluding hydrogens is 204 g/mol. The molecule has 0 atom stereocenters. The van der Waals surface area contributed by atoms with Crippen LogP contribution in [0.4, 0.5) is 0 Å². The first kappa shape index (κ1) is 11.4. The Labute approximate surface area is 78.6 Å². The van der Waals surface area contributed by atoms with Gasteiger partial charge in [0.05, 0.1) is 12.2 Å². The molecule has 0 saturated heterocycles. The quantitative estimate of drug-likeness (QED) is 0.667. The van der Waals surface area contributed by atoms with Crippen LogP contribution in [0.2, 0.25) is 0 Å². The summed E-state index contributed by atoms with van der Waals surface area (Å²) in [5.74, 6) is 0. The summed E-state index contributed by atoms with van der Waals surface area (Å²) < 4.78 is 5.70. The number of hydrogen-bond acceptors (Lipinski definition) is 1. The summed E-state index contributed by atoms with van der Waals surface area (Å²) in [7, 11) is 0. The summed E-state index contributed by atoms with van der Waals surface area (Å²) in [5.41, 5.74) is 0.163. The molecule has 0 radical (unpaired) electrons. The smallest absolute Gasteiger partial charge is 0.0674 e. The third-order valence-electron chi connectivity index (χ3n) is 2.35. The van der Waals surface area contributed by atoms with Crippen molar-refractivity contribution in [3.05, 3.63) is 0 Å². The summed E-state index contributed by atoms with van der Waals surface area (Å²) >= 11 is 3.34. The predicted molar refractivity (Wildman–Crippen MR) is 53.3 cm³/mol. The molecule has 0 aromatic heterocycles. The van der Waals surface area contributed by atoms with Gasteiger partial charge in [0.25, 0.3) is 0 Å². The van der Waals surface area contributed by atoms with Gasteiger partial charge in [-0.3, -0.25) is 0 Å². The first-order chi connectivity index (χ1) is 4.81. The average Bonchev–Trinajstić information content (AvgIpc) is 1.81. The summed E-state index contributed by atoms with van der Waals surface area (Å²) in [5, 5.41) is 0.909. The van der Waals surface area contributed by atoms with Crippen molar-refractivity contribution in [2.24, 2.45) is 5.41 Å². The van der Waals surface area contributed by atoms with Crippen LogP contribution in [-0.2, 0) is 4.74 Å². The minimum atomic E-state index is -0.0409. The molecule has 0 heterocycles. The zero-order chi connectivity index (χ0) is 9.12. The van der Waals surface area contributed by atoms with E-state index in [-0.39, 0.29) is 11.0 Å². The van der Waals surface area contributed by atoms with Crippen LogP contribution in [0.3, 0.4) is 0 Å². The Kier molecular flexibility index (Phi) is 4.06. The van der Waals surface area contributed by atoms with Crippen LogP contribution in [0.25, 0.3) is 0 Å². The molecular formula is C9H19BrO. The molecule has 0 spiro atoms. The highest BCUT2D eigenvalue weighted by molar-refractivity contribution is 9.09. The SMILES string of the molecule is CC(C)(C)C(C)(C)OCCBr. The van der Waals surface area contributed by atoms with Crippen LogP contribution < -0.4 is 0 Å². The highest BCUT2D eigenvalue weighted by atomic mass is 79.9. The van der Waals surface area contributed by atoms with E-state index in [4.69, 9.17) is 4.74 Å². The minimum absolute atomic E-state index is 0.0409. The molecule has 0 N–H and O–H groups in total. The van der Waals surface area contributed by atoms with E-state index in [0.29, 0.717) is 0 Å². The van der Waals surface area contributed by atoms with E-state index >= 15 is 0 Å². The highest BCUT2D eigenvalue weighted by Crippen LogP contribution is 2.32. The Morgan fingerprint density at radius 2 is 1.55 bits per heavy atom. The molecule has 0 bridgehead atoms. The van der Waals surface area contributed by atoms with Crippen LogP contribution >= 0.6 is 15.9 Å². The molecule has 68 valence electrons. The van der Waals surface area contributed by atoms with Gasteiger partial charge in [0.1, 0.15) is 0 Å². The Morgan fingerprint density at radius 3 is 1.82 bits per heavy atom. The van der Waals surface area contributed by atoms with Crippen molar-refractivity contribution in [3.63, 3.8) is 0 Å². The summed E-state index contributed by atoms with van der Waals surface area (Å²) in [6, 6.07) is 0. The largest absolute Gasteiger partial charge is 0.374 e. The van der Waals surface area contributed by atoms with E-state index in [1.54, 1.807) is 0 Å². The van der Waals surface area contributed by atoms with E-state index in [9.17, 15) is 0 Å². The van der Waals surface area contributed by atoms with Crippen LogP contribution in [0.5, 0.6) is 0 Å². The monoisotopic (exact) mass is 222 g/mol. The lowest BCUT2D eigenvalue weighted by Crippen LogP contribution is -2.39. The van der Waals surface area contributed by atoms with Crippen molar-refractivity contribution < 1.29 is 4.74 Å². The second-order valence-corrected chi connectivity index (χ2v) is 5.09. The van der Waals surface area contributed by atoms with E-state index in [1.165, 1.54) is 0 Å². The van der Waals surface area contributed by atoms with Gasteiger partial charge in [-0.15, -0.1) is 0 Å². The van der Waals surface area contributed by atoms with Gasteiger partial charge in [-0.2, -0.15) is 0 Å². The second-order valence-electron chi connectivity index (χ2n) is 4.30. The molecule has 2 heteroatoms. The molecule has 0 aromatic carbocycles. The van der Waals surface area contributed by atoms with E-state index in [2.05, 4.69) is 50.5 Å². The van der Waals surface area contributed by atoms with Crippen molar-refractivity contribution in [2.75, 3.05) is 11.9 Å².